The maximum Gasteiger partial charge on any atom is 0.107 e. The lowest BCUT2D eigenvalue weighted by molar-refractivity contribution is -0.0538. The van der Waals surface area contributed by atoms with E-state index >= 15 is 0 Å². The fraction of sp³-hybridized carbons (Fsp3) is 1.00. The standard InChI is InChI=1S/C22H44N6O2/c1-3-17-15-25-28-19(23-13-16-7-8-21(30-2)24-14-16)12-20(26-22(17)28)27-10-5-4-6-18(27)9-11-29/h16-26,29H,3-15H2,1-2H3/t16?,17?,18-,19?,20?,21?,22?/m0/s1. The van der Waals surface area contributed by atoms with Gasteiger partial charge in [0, 0.05) is 51.7 Å². The number of aliphatic hydroxyl groups is 1. The average molecular weight is 425 g/mol. The number of likely N-dealkylation sites (tertiary alicyclic amines) is 1. The molecule has 0 saturated carbocycles. The van der Waals surface area contributed by atoms with Crippen molar-refractivity contribution in [3.63, 3.8) is 0 Å². The number of fused-ring (bicyclic) bond motifs is 1. The highest BCUT2D eigenvalue weighted by molar-refractivity contribution is 4.96. The normalized spacial score (nSPS) is 41.1. The lowest BCUT2D eigenvalue weighted by atomic mass is 9.95. The van der Waals surface area contributed by atoms with Gasteiger partial charge < -0.3 is 15.2 Å². The van der Waals surface area contributed by atoms with Crippen LogP contribution in [0.4, 0.5) is 0 Å². The molecule has 7 atom stereocenters. The Balaban J connectivity index is 1.40. The van der Waals surface area contributed by atoms with E-state index in [1.54, 1.807) is 7.11 Å². The van der Waals surface area contributed by atoms with E-state index in [-0.39, 0.29) is 6.23 Å². The number of piperidine rings is 2. The van der Waals surface area contributed by atoms with Crippen molar-refractivity contribution in [2.75, 3.05) is 39.9 Å². The second kappa shape index (κ2) is 11.0. The molecule has 4 fully saturated rings. The molecule has 0 aromatic heterocycles. The van der Waals surface area contributed by atoms with E-state index in [2.05, 4.69) is 38.2 Å². The molecule has 0 amide bonds. The van der Waals surface area contributed by atoms with Crippen LogP contribution in [0.5, 0.6) is 0 Å². The molecule has 6 unspecified atom stereocenters. The molecule has 8 nitrogen and oxygen atoms in total. The van der Waals surface area contributed by atoms with E-state index in [1.807, 2.05) is 0 Å². The largest absolute Gasteiger partial charge is 0.396 e. The summed E-state index contributed by atoms with van der Waals surface area (Å²) in [6.45, 7) is 6.87. The summed E-state index contributed by atoms with van der Waals surface area (Å²) < 4.78 is 5.44. The van der Waals surface area contributed by atoms with E-state index in [0.717, 1.165) is 45.4 Å². The van der Waals surface area contributed by atoms with Crippen molar-refractivity contribution in [2.24, 2.45) is 11.8 Å². The molecule has 4 rings (SSSR count). The first-order chi connectivity index (χ1) is 14.7. The molecule has 4 aliphatic rings. The summed E-state index contributed by atoms with van der Waals surface area (Å²) in [7, 11) is 1.79. The van der Waals surface area contributed by atoms with Crippen LogP contribution >= 0.6 is 0 Å². The Morgan fingerprint density at radius 2 is 2.07 bits per heavy atom. The second-order valence-corrected chi connectivity index (χ2v) is 9.70. The van der Waals surface area contributed by atoms with Crippen molar-refractivity contribution >= 4 is 0 Å². The minimum atomic E-state index is 0.224. The lowest BCUT2D eigenvalue weighted by Crippen LogP contribution is -2.70. The summed E-state index contributed by atoms with van der Waals surface area (Å²) in [5.74, 6) is 1.29. The van der Waals surface area contributed by atoms with Gasteiger partial charge in [0.15, 0.2) is 0 Å². The molecule has 4 heterocycles. The summed E-state index contributed by atoms with van der Waals surface area (Å²) in [4.78, 5) is 2.67. The van der Waals surface area contributed by atoms with Gasteiger partial charge in [0.2, 0.25) is 0 Å². The van der Waals surface area contributed by atoms with Crippen LogP contribution in [0.15, 0.2) is 0 Å². The first kappa shape index (κ1) is 22.9. The Kier molecular flexibility index (Phi) is 8.39. The second-order valence-electron chi connectivity index (χ2n) is 9.70. The first-order valence-corrected chi connectivity index (χ1v) is 12.4. The number of nitrogens with one attached hydrogen (secondary N) is 4. The third-order valence-corrected chi connectivity index (χ3v) is 7.89. The van der Waals surface area contributed by atoms with Crippen LogP contribution in [0.1, 0.15) is 58.3 Å². The molecule has 174 valence electrons. The smallest absolute Gasteiger partial charge is 0.107 e. The fourth-order valence-electron chi connectivity index (χ4n) is 6.01. The molecular formula is C22H44N6O2. The van der Waals surface area contributed by atoms with Gasteiger partial charge in [-0.1, -0.05) is 13.3 Å². The summed E-state index contributed by atoms with van der Waals surface area (Å²) in [5.41, 5.74) is 3.69. The van der Waals surface area contributed by atoms with Crippen molar-refractivity contribution in [2.45, 2.75) is 89.1 Å². The van der Waals surface area contributed by atoms with Gasteiger partial charge in [-0.15, -0.1) is 0 Å². The van der Waals surface area contributed by atoms with Crippen molar-refractivity contribution < 1.29 is 9.84 Å². The molecule has 0 aliphatic carbocycles. The fourth-order valence-corrected chi connectivity index (χ4v) is 6.01. The predicted molar refractivity (Wildman–Crippen MR) is 118 cm³/mol. The van der Waals surface area contributed by atoms with Crippen molar-refractivity contribution in [1.82, 2.24) is 31.3 Å². The lowest BCUT2D eigenvalue weighted by Gasteiger charge is -2.50. The highest BCUT2D eigenvalue weighted by Crippen LogP contribution is 2.30. The van der Waals surface area contributed by atoms with Crippen LogP contribution in [0.2, 0.25) is 0 Å². The van der Waals surface area contributed by atoms with Gasteiger partial charge in [-0.3, -0.25) is 21.0 Å². The Labute approximate surface area is 182 Å². The van der Waals surface area contributed by atoms with Crippen molar-refractivity contribution in [1.29, 1.82) is 0 Å². The summed E-state index contributed by atoms with van der Waals surface area (Å²) in [5, 5.41) is 23.5. The monoisotopic (exact) mass is 424 g/mol. The number of hydrazine groups is 1. The van der Waals surface area contributed by atoms with E-state index in [0.29, 0.717) is 43.0 Å². The SMILES string of the molecule is CCC1CNN2C(NCC3CCC(OC)NC3)CC(N3CCCC[C@H]3CCO)NC12. The van der Waals surface area contributed by atoms with E-state index in [1.165, 1.54) is 32.1 Å². The van der Waals surface area contributed by atoms with Gasteiger partial charge in [0.1, 0.15) is 6.23 Å². The van der Waals surface area contributed by atoms with Crippen LogP contribution in [-0.2, 0) is 4.74 Å². The number of ether oxygens (including phenoxy) is 1. The zero-order valence-electron chi connectivity index (χ0n) is 19.0. The van der Waals surface area contributed by atoms with Gasteiger partial charge in [0.05, 0.1) is 18.5 Å². The minimum absolute atomic E-state index is 0.224. The third-order valence-electron chi connectivity index (χ3n) is 7.89. The molecule has 0 bridgehead atoms. The number of methoxy groups -OCH3 is 1. The molecule has 0 aromatic carbocycles. The van der Waals surface area contributed by atoms with Crippen LogP contribution in [0.3, 0.4) is 0 Å². The van der Waals surface area contributed by atoms with Crippen LogP contribution < -0.4 is 21.4 Å². The predicted octanol–water partition coefficient (Wildman–Crippen LogP) is 0.603. The Hall–Kier alpha value is -0.320. The Bertz CT molecular complexity index is 516. The molecule has 8 heteroatoms. The zero-order chi connectivity index (χ0) is 20.9. The summed E-state index contributed by atoms with van der Waals surface area (Å²) in [6.07, 6.45) is 10.6. The minimum Gasteiger partial charge on any atom is -0.396 e. The van der Waals surface area contributed by atoms with Gasteiger partial charge in [-0.2, -0.15) is 0 Å². The maximum absolute atomic E-state index is 9.59. The van der Waals surface area contributed by atoms with Crippen LogP contribution in [-0.4, -0.2) is 85.7 Å². The number of aliphatic hydroxyl groups excluding tert-OH is 1. The zero-order valence-corrected chi connectivity index (χ0v) is 19.0. The first-order valence-electron chi connectivity index (χ1n) is 12.4. The van der Waals surface area contributed by atoms with Crippen LogP contribution in [0.25, 0.3) is 0 Å². The Morgan fingerprint density at radius 1 is 1.17 bits per heavy atom. The highest BCUT2D eigenvalue weighted by atomic mass is 16.5. The topological polar surface area (TPSA) is 84.1 Å². The quantitative estimate of drug-likeness (QED) is 0.388. The summed E-state index contributed by atoms with van der Waals surface area (Å²) >= 11 is 0. The highest BCUT2D eigenvalue weighted by Gasteiger charge is 2.45. The third kappa shape index (κ3) is 5.18. The molecule has 5 N–H and O–H groups in total. The molecule has 4 aliphatic heterocycles. The molecule has 0 aromatic rings. The number of hydrogen-bond acceptors (Lipinski definition) is 8. The molecular weight excluding hydrogens is 380 g/mol. The van der Waals surface area contributed by atoms with E-state index in [4.69, 9.17) is 4.74 Å². The van der Waals surface area contributed by atoms with Gasteiger partial charge in [-0.25, -0.2) is 5.01 Å². The molecule has 4 saturated heterocycles. The van der Waals surface area contributed by atoms with Crippen molar-refractivity contribution in [3.05, 3.63) is 0 Å². The summed E-state index contributed by atoms with van der Waals surface area (Å²) in [6, 6.07) is 0.511. The van der Waals surface area contributed by atoms with Gasteiger partial charge >= 0.3 is 0 Å². The maximum atomic E-state index is 9.59. The molecule has 0 radical (unpaired) electrons. The van der Waals surface area contributed by atoms with Crippen LogP contribution in [0, 0.1) is 11.8 Å². The van der Waals surface area contributed by atoms with Gasteiger partial charge in [-0.05, 0) is 51.0 Å². The van der Waals surface area contributed by atoms with E-state index in [9.17, 15) is 5.11 Å². The van der Waals surface area contributed by atoms with Gasteiger partial charge in [0.25, 0.3) is 0 Å². The number of hydrogen-bond donors (Lipinski definition) is 5. The Morgan fingerprint density at radius 3 is 2.80 bits per heavy atom. The van der Waals surface area contributed by atoms with Crippen molar-refractivity contribution in [3.8, 4) is 0 Å². The number of nitrogens with zero attached hydrogens (tertiary/aromatic N) is 2. The molecule has 0 spiro atoms. The molecule has 30 heavy (non-hydrogen) atoms. The van der Waals surface area contributed by atoms with E-state index < -0.39 is 0 Å². The average Bonchev–Trinajstić information content (AvgIpc) is 3.21. The number of rotatable bonds is 8.